The number of nitrogens with zero attached hydrogens (tertiary/aromatic N) is 5. The van der Waals surface area contributed by atoms with Crippen molar-refractivity contribution in [2.24, 2.45) is 55.1 Å². The second kappa shape index (κ2) is 51.0. The average molecular weight is 1120 g/mol. The monoisotopic (exact) mass is 1120 g/mol. The molecule has 0 aromatic carbocycles. The van der Waals surface area contributed by atoms with Crippen LogP contribution in [-0.2, 0) is 62.3 Å². The minimum atomic E-state index is -1.58. The number of unbranched alkanes of at least 4 members (excludes halogenated alkanes) is 1. The van der Waals surface area contributed by atoms with E-state index in [2.05, 4.69) is 25.0 Å². The van der Waals surface area contributed by atoms with Crippen LogP contribution >= 0.6 is 0 Å². The van der Waals surface area contributed by atoms with Gasteiger partial charge in [-0.15, -0.1) is 0 Å². The van der Waals surface area contributed by atoms with E-state index in [9.17, 15) is 57.8 Å². The number of carbonyl (C=O) groups is 12. The minimum absolute atomic E-state index is 0.00499. The molecule has 24 N–H and O–H groups in total. The molecule has 1 saturated heterocycles. The summed E-state index contributed by atoms with van der Waals surface area (Å²) in [6.45, 7) is 1.85. The standard InChI is InChI=1S/C8H18N4O2.C8H16N2O3.C5H11N3O2.C5H11NO2.C5H6O5.C5H6O4.C3H7N3O2.C2H4O3/c1-12(2)8(10)11-5-3-4-6(9)7(13)14;1-6(11)10-5-3-2-4-7(9)8(12)13;6-5(7)8-3-1-2-4(9)10;1-6(2,3)4-5(7)8;6-3(5(9)10)1-2-4(7)8;6-4-2-1-3(9-4)5(7)8;4-3(5)6-1-2(7)8;3-1-2(4)5/h6H,3-5,9H2,1-2H3,(H2,10,11)(H,13,14);7H,2-5,9H2,1H3,(H,10,11)(H,12,13);1-3H2,(H,9,10)(H4,6,7,8);4H2,1-3H3;1-2H2,(H,7,8)(H,9,10);3H,1-2H2,(H,7,8);1H2,(H,7,8)(H4,4,5,6);3H,1H2,(H,4,5). The fourth-order valence-electron chi connectivity index (χ4n) is 3.66. The molecule has 1 rings (SSSR count). The van der Waals surface area contributed by atoms with E-state index in [0.717, 1.165) is 6.42 Å². The number of carbonyl (C=O) groups excluding carboxylic acids is 4. The minimum Gasteiger partial charge on any atom is -0.544 e. The topological polar surface area (TPSA) is 654 Å². The molecule has 446 valence electrons. The van der Waals surface area contributed by atoms with E-state index in [1.165, 1.54) is 6.92 Å². The van der Waals surface area contributed by atoms with Crippen molar-refractivity contribution in [3.05, 3.63) is 0 Å². The molecule has 0 spiro atoms. The Balaban J connectivity index is -0.000000147. The molecule has 1 fully saturated rings. The number of hydrogen-bond donors (Lipinski definition) is 17. The van der Waals surface area contributed by atoms with Crippen LogP contribution in [0.1, 0.15) is 77.6 Å². The number of esters is 1. The Bertz CT molecular complexity index is 1900. The van der Waals surface area contributed by atoms with Crippen molar-refractivity contribution in [2.45, 2.75) is 95.7 Å². The lowest BCUT2D eigenvalue weighted by molar-refractivity contribution is -0.864. The van der Waals surface area contributed by atoms with Crippen molar-refractivity contribution in [3.8, 4) is 0 Å². The number of carboxylic acid groups (broad SMARTS) is 9. The van der Waals surface area contributed by atoms with Gasteiger partial charge >= 0.3 is 53.7 Å². The third kappa shape index (κ3) is 81.8. The van der Waals surface area contributed by atoms with Crippen molar-refractivity contribution in [3.63, 3.8) is 0 Å². The molecule has 0 aromatic heterocycles. The van der Waals surface area contributed by atoms with E-state index in [1.807, 2.05) is 0 Å². The fourth-order valence-corrected chi connectivity index (χ4v) is 3.66. The largest absolute Gasteiger partial charge is 0.544 e. The molecule has 0 aromatic rings. The van der Waals surface area contributed by atoms with Crippen LogP contribution in [0.15, 0.2) is 15.0 Å². The van der Waals surface area contributed by atoms with Crippen LogP contribution in [0.2, 0.25) is 0 Å². The number of aliphatic carboxylic acids is 9. The first-order valence-corrected chi connectivity index (χ1v) is 22.1. The van der Waals surface area contributed by atoms with Gasteiger partial charge in [-0.2, -0.15) is 0 Å². The second-order valence-corrected chi connectivity index (χ2v) is 15.9. The molecule has 1 aliphatic heterocycles. The molecule has 3 atom stereocenters. The SMILES string of the molecule is CC(=O)NCCCCC(N)C(=O)O.CN(C)C(N)=NCCCC(N)C(=O)O.C[N+](C)(C)CC(=O)[O-].NC(N)=NCC(=O)O.NC(N)=NCCCC(=O)O.O=C(O)CCC(=O)C(=O)O.O=C(O)CO.O=C1CCC(C(=O)O)O1. The molecule has 0 aliphatic carbocycles. The summed E-state index contributed by atoms with van der Waals surface area (Å²) in [4.78, 5) is 132. The Morgan fingerprint density at radius 1 is 0.688 bits per heavy atom. The summed E-state index contributed by atoms with van der Waals surface area (Å²) < 4.78 is 4.80. The normalized spacial score (nSPS) is 12.4. The highest BCUT2D eigenvalue weighted by Gasteiger charge is 2.29. The molecule has 3 unspecified atom stereocenters. The number of likely N-dealkylation sites (N-methyl/N-ethyl adjacent to an activating group) is 1. The highest BCUT2D eigenvalue weighted by atomic mass is 16.6. The molecule has 77 heavy (non-hydrogen) atoms. The molecule has 1 aliphatic rings. The van der Waals surface area contributed by atoms with Gasteiger partial charge in [0.15, 0.2) is 24.0 Å². The third-order valence-electron chi connectivity index (χ3n) is 7.30. The number of ketones is 1. The Morgan fingerprint density at radius 2 is 1.14 bits per heavy atom. The van der Waals surface area contributed by atoms with Crippen LogP contribution in [0.5, 0.6) is 0 Å². The van der Waals surface area contributed by atoms with Crippen molar-refractivity contribution < 1.29 is 118 Å². The molecule has 0 radical (unpaired) electrons. The number of aliphatic hydroxyl groups is 1. The number of carboxylic acids is 9. The van der Waals surface area contributed by atoms with Crippen molar-refractivity contribution in [2.75, 3.05) is 74.6 Å². The Kier molecular flexibility index (Phi) is 54.6. The summed E-state index contributed by atoms with van der Waals surface area (Å²) in [5.41, 5.74) is 35.7. The number of aliphatic hydroxyl groups excluding tert-OH is 1. The summed E-state index contributed by atoms with van der Waals surface area (Å²) in [7, 11) is 8.99. The average Bonchev–Trinajstić information content (AvgIpc) is 3.74. The van der Waals surface area contributed by atoms with E-state index < -0.39 is 103 Å². The van der Waals surface area contributed by atoms with E-state index in [1.54, 1.807) is 40.1 Å². The van der Waals surface area contributed by atoms with Crippen LogP contribution in [0, 0.1) is 0 Å². The predicted octanol–water partition coefficient (Wildman–Crippen LogP) is -6.98. The molecule has 1 heterocycles. The molecular weight excluding hydrogens is 1040 g/mol. The number of ether oxygens (including phenoxy) is 1. The lowest BCUT2D eigenvalue weighted by Crippen LogP contribution is -2.45. The predicted molar refractivity (Wildman–Crippen MR) is 268 cm³/mol. The zero-order valence-electron chi connectivity index (χ0n) is 43.8. The number of hydrogen-bond acceptors (Lipinski definition) is 20. The molecule has 36 heteroatoms. The van der Waals surface area contributed by atoms with Gasteiger partial charge in [0.25, 0.3) is 0 Å². The Hall–Kier alpha value is -8.51. The highest BCUT2D eigenvalue weighted by Crippen LogP contribution is 2.13. The summed E-state index contributed by atoms with van der Waals surface area (Å²) in [5.74, 6) is -11.1. The Morgan fingerprint density at radius 3 is 1.42 bits per heavy atom. The van der Waals surface area contributed by atoms with Crippen LogP contribution in [0.25, 0.3) is 0 Å². The number of rotatable bonds is 25. The third-order valence-corrected chi connectivity index (χ3v) is 7.30. The van der Waals surface area contributed by atoms with Crippen LogP contribution in [-0.4, -0.2) is 237 Å². The van der Waals surface area contributed by atoms with Crippen LogP contribution < -0.4 is 50.6 Å². The summed E-state index contributed by atoms with van der Waals surface area (Å²) in [6.07, 6.45) is 2.35. The van der Waals surface area contributed by atoms with E-state index in [-0.39, 0.29) is 43.8 Å². The van der Waals surface area contributed by atoms with E-state index in [0.29, 0.717) is 68.6 Å². The lowest BCUT2D eigenvalue weighted by atomic mass is 10.1. The maximum atomic E-state index is 10.4. The number of guanidine groups is 3. The van der Waals surface area contributed by atoms with E-state index >= 15 is 0 Å². The molecule has 0 bridgehead atoms. The fraction of sp³-hybridized carbons (Fsp3) is 0.634. The number of amides is 1. The van der Waals surface area contributed by atoms with Gasteiger partial charge in [-0.05, 0) is 38.5 Å². The maximum Gasteiger partial charge on any atom is 0.372 e. The lowest BCUT2D eigenvalue weighted by Gasteiger charge is -2.23. The zero-order valence-corrected chi connectivity index (χ0v) is 43.8. The number of nitrogens with one attached hydrogen (secondary N) is 1. The smallest absolute Gasteiger partial charge is 0.372 e. The van der Waals surface area contributed by atoms with Crippen molar-refractivity contribution in [1.82, 2.24) is 10.2 Å². The molecule has 36 nitrogen and oxygen atoms in total. The van der Waals surface area contributed by atoms with Gasteiger partial charge < -0.3 is 115 Å². The summed E-state index contributed by atoms with van der Waals surface area (Å²) in [6, 6.07) is -1.58. The van der Waals surface area contributed by atoms with Crippen molar-refractivity contribution in [1.29, 1.82) is 0 Å². The van der Waals surface area contributed by atoms with Crippen molar-refractivity contribution >= 4 is 89.3 Å². The number of aliphatic imine (C=N–C) groups is 3. The number of quaternary nitrogens is 1. The molecule has 1 amide bonds. The van der Waals surface area contributed by atoms with Gasteiger partial charge in [0.1, 0.15) is 31.8 Å². The van der Waals surface area contributed by atoms with Gasteiger partial charge in [0, 0.05) is 66.3 Å². The summed E-state index contributed by atoms with van der Waals surface area (Å²) in [5, 5.41) is 84.8. The first-order valence-electron chi connectivity index (χ1n) is 22.1. The quantitative estimate of drug-likeness (QED) is 0.0101. The van der Waals surface area contributed by atoms with Gasteiger partial charge in [-0.1, -0.05) is 0 Å². The number of nitrogens with two attached hydrogens (primary N) is 7. The van der Waals surface area contributed by atoms with E-state index in [4.69, 9.17) is 90.9 Å². The summed E-state index contributed by atoms with van der Waals surface area (Å²) >= 11 is 0. The van der Waals surface area contributed by atoms with Gasteiger partial charge in [-0.25, -0.2) is 19.4 Å². The molecule has 0 saturated carbocycles. The van der Waals surface area contributed by atoms with Gasteiger partial charge in [0.05, 0.1) is 33.5 Å². The number of Topliss-reactive ketones (excluding diaryl/α,β-unsaturated/α-hetero) is 1. The van der Waals surface area contributed by atoms with Gasteiger partial charge in [0.2, 0.25) is 11.7 Å². The first kappa shape index (κ1) is 82.5. The maximum absolute atomic E-state index is 10.4. The van der Waals surface area contributed by atoms with Gasteiger partial charge in [-0.3, -0.25) is 48.3 Å². The Labute approximate surface area is 442 Å². The number of cyclic esters (lactones) is 1. The second-order valence-electron chi connectivity index (χ2n) is 15.9. The highest BCUT2D eigenvalue weighted by molar-refractivity contribution is 6.32. The molecular formula is C41H79N13O23. The van der Waals surface area contributed by atoms with Crippen LogP contribution in [0.3, 0.4) is 0 Å². The zero-order chi connectivity index (χ0) is 62.0. The first-order chi connectivity index (χ1) is 35.2. The van der Waals surface area contributed by atoms with Crippen LogP contribution in [0.4, 0.5) is 0 Å².